The van der Waals surface area contributed by atoms with E-state index < -0.39 is 30.0 Å². The summed E-state index contributed by atoms with van der Waals surface area (Å²) in [7, 11) is 0. The number of alkyl halides is 3. The first-order chi connectivity index (χ1) is 19.6. The SMILES string of the molecule is C[C@@H](CNc1ccc(OC(F)(F)F)cc1)NC(=O)[C@H](CC1CCCCC1)NC(=O)c1nnc(-c2cccc(F)c2)o1. The molecule has 0 bridgehead atoms. The van der Waals surface area contributed by atoms with E-state index in [1.807, 2.05) is 0 Å². The molecule has 1 heterocycles. The van der Waals surface area contributed by atoms with Gasteiger partial charge in [-0.15, -0.1) is 23.4 Å². The van der Waals surface area contributed by atoms with Gasteiger partial charge in [0.15, 0.2) is 0 Å². The van der Waals surface area contributed by atoms with Gasteiger partial charge in [-0.25, -0.2) is 4.39 Å². The van der Waals surface area contributed by atoms with E-state index in [9.17, 15) is 27.2 Å². The third-order valence-corrected chi connectivity index (χ3v) is 6.70. The molecule has 41 heavy (non-hydrogen) atoms. The van der Waals surface area contributed by atoms with Crippen LogP contribution < -0.4 is 20.7 Å². The summed E-state index contributed by atoms with van der Waals surface area (Å²) < 4.78 is 60.0. The maximum atomic E-state index is 13.6. The van der Waals surface area contributed by atoms with E-state index in [1.165, 1.54) is 42.5 Å². The second kappa shape index (κ2) is 13.5. The van der Waals surface area contributed by atoms with Crippen molar-refractivity contribution in [2.75, 3.05) is 11.9 Å². The highest BCUT2D eigenvalue weighted by molar-refractivity contribution is 5.94. The normalized spacial score (nSPS) is 15.5. The lowest BCUT2D eigenvalue weighted by Gasteiger charge is -2.27. The smallest absolute Gasteiger partial charge is 0.412 e. The van der Waals surface area contributed by atoms with E-state index in [0.717, 1.165) is 32.1 Å². The fourth-order valence-electron chi connectivity index (χ4n) is 4.70. The first-order valence-corrected chi connectivity index (χ1v) is 13.4. The predicted octanol–water partition coefficient (Wildman–Crippen LogP) is 5.46. The highest BCUT2D eigenvalue weighted by atomic mass is 19.4. The quantitative estimate of drug-likeness (QED) is 0.259. The van der Waals surface area contributed by atoms with Gasteiger partial charge >= 0.3 is 18.2 Å². The molecule has 2 aromatic carbocycles. The average Bonchev–Trinajstić information content (AvgIpc) is 3.43. The number of halogens is 4. The minimum absolute atomic E-state index is 0.0272. The molecular formula is C28H31F4N5O4. The number of hydrogen-bond donors (Lipinski definition) is 3. The van der Waals surface area contributed by atoms with Crippen molar-refractivity contribution in [2.24, 2.45) is 5.92 Å². The Balaban J connectivity index is 1.36. The van der Waals surface area contributed by atoms with Gasteiger partial charge in [-0.05, 0) is 61.7 Å². The van der Waals surface area contributed by atoms with Crippen LogP contribution in [0.25, 0.3) is 11.5 Å². The van der Waals surface area contributed by atoms with Crippen LogP contribution in [-0.2, 0) is 4.79 Å². The van der Waals surface area contributed by atoms with Crippen molar-refractivity contribution in [2.45, 2.75) is 63.9 Å². The van der Waals surface area contributed by atoms with Crippen molar-refractivity contribution in [3.05, 3.63) is 60.2 Å². The van der Waals surface area contributed by atoms with Crippen LogP contribution in [0.1, 0.15) is 56.1 Å². The monoisotopic (exact) mass is 577 g/mol. The number of benzene rings is 2. The second-order valence-corrected chi connectivity index (χ2v) is 10.1. The molecule has 1 aliphatic rings. The molecule has 4 rings (SSSR count). The number of nitrogens with one attached hydrogen (secondary N) is 3. The molecule has 1 fully saturated rings. The number of carbonyl (C=O) groups excluding carboxylic acids is 2. The number of carbonyl (C=O) groups is 2. The maximum absolute atomic E-state index is 13.6. The van der Waals surface area contributed by atoms with E-state index >= 15 is 0 Å². The lowest BCUT2D eigenvalue weighted by molar-refractivity contribution is -0.274. The second-order valence-electron chi connectivity index (χ2n) is 10.1. The van der Waals surface area contributed by atoms with E-state index in [0.29, 0.717) is 17.7 Å². The summed E-state index contributed by atoms with van der Waals surface area (Å²) in [6.45, 7) is 2.03. The van der Waals surface area contributed by atoms with Gasteiger partial charge in [0, 0.05) is 23.8 Å². The number of ether oxygens (including phenoxy) is 1. The minimum atomic E-state index is -4.77. The molecule has 2 atom stereocenters. The van der Waals surface area contributed by atoms with E-state index in [2.05, 4.69) is 30.9 Å². The fraction of sp³-hybridized carbons (Fsp3) is 0.429. The number of nitrogens with zero attached hydrogens (tertiary/aromatic N) is 2. The zero-order valence-electron chi connectivity index (χ0n) is 22.3. The summed E-state index contributed by atoms with van der Waals surface area (Å²) in [4.78, 5) is 26.2. The summed E-state index contributed by atoms with van der Waals surface area (Å²) in [6.07, 6.45) is 0.815. The maximum Gasteiger partial charge on any atom is 0.573 e. The van der Waals surface area contributed by atoms with Crippen molar-refractivity contribution < 1.29 is 36.3 Å². The predicted molar refractivity (Wildman–Crippen MR) is 141 cm³/mol. The van der Waals surface area contributed by atoms with Crippen molar-refractivity contribution in [1.82, 2.24) is 20.8 Å². The summed E-state index contributed by atoms with van der Waals surface area (Å²) in [5.41, 5.74) is 0.857. The average molecular weight is 578 g/mol. The van der Waals surface area contributed by atoms with Gasteiger partial charge in [-0.1, -0.05) is 38.2 Å². The zero-order valence-corrected chi connectivity index (χ0v) is 22.3. The summed E-state index contributed by atoms with van der Waals surface area (Å²) in [5, 5.41) is 16.2. The van der Waals surface area contributed by atoms with Gasteiger partial charge in [-0.3, -0.25) is 9.59 Å². The molecule has 3 aromatic rings. The number of rotatable bonds is 11. The van der Waals surface area contributed by atoms with Crippen LogP contribution in [0.2, 0.25) is 0 Å². The molecule has 1 aliphatic carbocycles. The van der Waals surface area contributed by atoms with Crippen molar-refractivity contribution in [1.29, 1.82) is 0 Å². The first-order valence-electron chi connectivity index (χ1n) is 13.4. The molecule has 3 N–H and O–H groups in total. The van der Waals surface area contributed by atoms with E-state index in [1.54, 1.807) is 13.0 Å². The minimum Gasteiger partial charge on any atom is -0.412 e. The highest BCUT2D eigenvalue weighted by Gasteiger charge is 2.31. The van der Waals surface area contributed by atoms with Crippen molar-refractivity contribution >= 4 is 17.5 Å². The van der Waals surface area contributed by atoms with Crippen LogP contribution in [0.5, 0.6) is 5.75 Å². The lowest BCUT2D eigenvalue weighted by atomic mass is 9.84. The van der Waals surface area contributed by atoms with Gasteiger partial charge in [0.25, 0.3) is 0 Å². The zero-order chi connectivity index (χ0) is 29.4. The molecule has 2 amide bonds. The molecule has 1 aromatic heterocycles. The van der Waals surface area contributed by atoms with Crippen LogP contribution >= 0.6 is 0 Å². The Morgan fingerprint density at radius 3 is 2.46 bits per heavy atom. The summed E-state index contributed by atoms with van der Waals surface area (Å²) >= 11 is 0. The van der Waals surface area contributed by atoms with Crippen LogP contribution in [0.4, 0.5) is 23.2 Å². The Kier molecular flexibility index (Phi) is 9.79. The highest BCUT2D eigenvalue weighted by Crippen LogP contribution is 2.28. The Morgan fingerprint density at radius 2 is 1.78 bits per heavy atom. The Labute approximate surface area is 234 Å². The number of aromatic nitrogens is 2. The Hall–Kier alpha value is -4.16. The van der Waals surface area contributed by atoms with Gasteiger partial charge in [0.2, 0.25) is 11.8 Å². The number of hydrogen-bond acceptors (Lipinski definition) is 7. The molecular weight excluding hydrogens is 546 g/mol. The van der Waals surface area contributed by atoms with Gasteiger partial charge < -0.3 is 25.1 Å². The molecule has 0 spiro atoms. The molecule has 0 unspecified atom stereocenters. The molecule has 0 aliphatic heterocycles. The van der Waals surface area contributed by atoms with E-state index in [4.69, 9.17) is 4.42 Å². The largest absolute Gasteiger partial charge is 0.573 e. The van der Waals surface area contributed by atoms with Crippen LogP contribution in [0, 0.1) is 11.7 Å². The van der Waals surface area contributed by atoms with Crippen LogP contribution in [0.15, 0.2) is 52.9 Å². The standard InChI is InChI=1S/C28H31F4N5O4/c1-17(16-33-21-10-12-22(13-11-21)41-28(30,31)32)34-24(38)23(14-18-6-3-2-4-7-18)35-25(39)27-37-36-26(40-27)19-8-5-9-20(29)15-19/h5,8-13,15,17-18,23,33H,2-4,6-7,14,16H2,1H3,(H,34,38)(H,35,39)/t17-,23-/m0/s1. The molecule has 0 saturated heterocycles. The topological polar surface area (TPSA) is 118 Å². The number of anilines is 1. The van der Waals surface area contributed by atoms with Gasteiger partial charge in [-0.2, -0.15) is 0 Å². The van der Waals surface area contributed by atoms with Crippen molar-refractivity contribution in [3.63, 3.8) is 0 Å². The van der Waals surface area contributed by atoms with Gasteiger partial charge in [0.05, 0.1) is 0 Å². The van der Waals surface area contributed by atoms with Crippen LogP contribution in [-0.4, -0.2) is 47.0 Å². The Morgan fingerprint density at radius 1 is 1.05 bits per heavy atom. The third kappa shape index (κ3) is 9.19. The first kappa shape index (κ1) is 29.8. The summed E-state index contributed by atoms with van der Waals surface area (Å²) in [5.74, 6) is -2.06. The molecule has 13 heteroatoms. The van der Waals surface area contributed by atoms with E-state index in [-0.39, 0.29) is 36.0 Å². The molecule has 0 radical (unpaired) electrons. The molecule has 220 valence electrons. The van der Waals surface area contributed by atoms with Crippen LogP contribution in [0.3, 0.4) is 0 Å². The molecule has 1 saturated carbocycles. The summed E-state index contributed by atoms with van der Waals surface area (Å²) in [6, 6.07) is 9.51. The van der Waals surface area contributed by atoms with Crippen molar-refractivity contribution in [3.8, 4) is 17.2 Å². The molecule has 9 nitrogen and oxygen atoms in total. The van der Waals surface area contributed by atoms with Gasteiger partial charge in [0.1, 0.15) is 17.6 Å². The number of amides is 2. The lowest BCUT2D eigenvalue weighted by Crippen LogP contribution is -2.51. The third-order valence-electron chi connectivity index (χ3n) is 6.70. The Bertz CT molecular complexity index is 1310. The fourth-order valence-corrected chi connectivity index (χ4v) is 4.70.